The molecule has 0 aliphatic carbocycles. The van der Waals surface area contributed by atoms with Gasteiger partial charge in [0, 0.05) is 12.1 Å². The first kappa shape index (κ1) is 22.4. The maximum Gasteiger partial charge on any atom is 0.255 e. The van der Waals surface area contributed by atoms with Gasteiger partial charge in [0.15, 0.2) is 0 Å². The van der Waals surface area contributed by atoms with Gasteiger partial charge in [-0.2, -0.15) is 5.10 Å². The van der Waals surface area contributed by atoms with Crippen LogP contribution in [0, 0.1) is 0 Å². The van der Waals surface area contributed by atoms with Crippen LogP contribution in [0.25, 0.3) is 16.9 Å². The van der Waals surface area contributed by atoms with Crippen LogP contribution in [0.1, 0.15) is 26.3 Å². The minimum Gasteiger partial charge on any atom is -0.508 e. The first-order valence-electron chi connectivity index (χ1n) is 10.4. The Balaban J connectivity index is 1.57. The van der Waals surface area contributed by atoms with E-state index in [1.807, 2.05) is 12.1 Å². The molecule has 4 rings (SSSR count). The number of methoxy groups -OCH3 is 1. The van der Waals surface area contributed by atoms with Crippen molar-refractivity contribution in [3.05, 3.63) is 89.5 Å². The van der Waals surface area contributed by atoms with Gasteiger partial charge >= 0.3 is 0 Å². The number of phenolic OH excluding ortho intramolecular Hbond substituents is 1. The number of nitrogen functional groups attached to an aromatic ring is 1. The molecular weight excluding hydrogens is 434 g/mol. The number of anilines is 1. The first-order chi connectivity index (χ1) is 16.4. The van der Waals surface area contributed by atoms with E-state index in [2.05, 4.69) is 10.4 Å². The summed E-state index contributed by atoms with van der Waals surface area (Å²) in [7, 11) is 1.51. The zero-order chi connectivity index (χ0) is 24.2. The van der Waals surface area contributed by atoms with Crippen LogP contribution in [-0.4, -0.2) is 33.8 Å². The lowest BCUT2D eigenvalue weighted by Crippen LogP contribution is -2.23. The van der Waals surface area contributed by atoms with Crippen LogP contribution in [0.4, 0.5) is 5.82 Å². The number of nitrogens with two attached hydrogens (primary N) is 2. The van der Waals surface area contributed by atoms with E-state index in [1.165, 1.54) is 23.9 Å². The molecule has 3 aromatic carbocycles. The topological polar surface area (TPSA) is 145 Å². The second-order valence-corrected chi connectivity index (χ2v) is 7.48. The molecule has 1 aromatic heterocycles. The molecule has 2 amide bonds. The second-order valence-electron chi connectivity index (χ2n) is 7.48. The van der Waals surface area contributed by atoms with E-state index < -0.39 is 5.91 Å². The summed E-state index contributed by atoms with van der Waals surface area (Å²) in [6, 6.07) is 20.4. The lowest BCUT2D eigenvalue weighted by molar-refractivity contribution is 0.0946. The fourth-order valence-electron chi connectivity index (χ4n) is 3.56. The molecule has 0 atom stereocenters. The molecule has 0 unspecified atom stereocenters. The number of hydrogen-bond acceptors (Lipinski definition) is 6. The number of benzene rings is 3. The highest BCUT2D eigenvalue weighted by Crippen LogP contribution is 2.30. The number of carbonyl (C=O) groups is 2. The van der Waals surface area contributed by atoms with Gasteiger partial charge in [0.25, 0.3) is 11.8 Å². The zero-order valence-electron chi connectivity index (χ0n) is 18.4. The van der Waals surface area contributed by atoms with Crippen molar-refractivity contribution >= 4 is 17.6 Å². The number of primary amides is 1. The molecule has 0 aliphatic rings. The molecule has 172 valence electrons. The first-order valence-corrected chi connectivity index (χ1v) is 10.4. The van der Waals surface area contributed by atoms with E-state index in [-0.39, 0.29) is 23.0 Å². The van der Waals surface area contributed by atoms with Gasteiger partial charge in [-0.3, -0.25) is 9.59 Å². The number of amides is 2. The Bertz CT molecular complexity index is 1340. The molecule has 9 heteroatoms. The highest BCUT2D eigenvalue weighted by atomic mass is 16.5. The van der Waals surface area contributed by atoms with Crippen LogP contribution < -0.4 is 21.5 Å². The maximum atomic E-state index is 12.5. The number of para-hydroxylation sites is 1. The normalized spacial score (nSPS) is 10.6. The minimum absolute atomic E-state index is 0.0956. The van der Waals surface area contributed by atoms with Crippen molar-refractivity contribution in [1.82, 2.24) is 15.1 Å². The standard InChI is InChI=1S/C25H23N5O4/c1-34-20-5-3-2-4-19(20)25(33)28-14-15-6-8-16(9-7-15)22-21(24(27)32)23(26)30(29-22)17-10-12-18(31)13-11-17/h2-13,31H,14,26H2,1H3,(H2,27,32)(H,28,33). The smallest absolute Gasteiger partial charge is 0.255 e. The molecule has 4 aromatic rings. The van der Waals surface area contributed by atoms with Crippen molar-refractivity contribution < 1.29 is 19.4 Å². The average Bonchev–Trinajstić information content (AvgIpc) is 3.20. The summed E-state index contributed by atoms with van der Waals surface area (Å²) in [6.45, 7) is 0.296. The quantitative estimate of drug-likeness (QED) is 0.336. The molecule has 0 radical (unpaired) electrons. The fraction of sp³-hybridized carbons (Fsp3) is 0.0800. The summed E-state index contributed by atoms with van der Waals surface area (Å²) in [5.74, 6) is -0.265. The third-order valence-corrected chi connectivity index (χ3v) is 5.29. The summed E-state index contributed by atoms with van der Waals surface area (Å²) in [4.78, 5) is 24.7. The second kappa shape index (κ2) is 9.37. The summed E-state index contributed by atoms with van der Waals surface area (Å²) in [5.41, 5.74) is 14.7. The summed E-state index contributed by atoms with van der Waals surface area (Å²) in [5, 5.41) is 16.9. The number of aromatic nitrogens is 2. The molecule has 1 heterocycles. The molecular formula is C25H23N5O4. The number of carbonyl (C=O) groups excluding carboxylic acids is 2. The van der Waals surface area contributed by atoms with Crippen molar-refractivity contribution in [1.29, 1.82) is 0 Å². The SMILES string of the molecule is COc1ccccc1C(=O)NCc1ccc(-c2nn(-c3ccc(O)cc3)c(N)c2C(N)=O)cc1. The Labute approximate surface area is 195 Å². The zero-order valence-corrected chi connectivity index (χ0v) is 18.4. The number of hydrogen-bond donors (Lipinski definition) is 4. The predicted molar refractivity (Wildman–Crippen MR) is 128 cm³/mol. The molecule has 0 saturated carbocycles. The van der Waals surface area contributed by atoms with Crippen molar-refractivity contribution in [3.63, 3.8) is 0 Å². The fourth-order valence-corrected chi connectivity index (χ4v) is 3.56. The Hall–Kier alpha value is -4.79. The van der Waals surface area contributed by atoms with E-state index in [9.17, 15) is 14.7 Å². The lowest BCUT2D eigenvalue weighted by Gasteiger charge is -2.09. The number of phenols is 1. The molecule has 0 aliphatic heterocycles. The summed E-state index contributed by atoms with van der Waals surface area (Å²) in [6.07, 6.45) is 0. The average molecular weight is 457 g/mol. The Morgan fingerprint density at radius 3 is 2.35 bits per heavy atom. The lowest BCUT2D eigenvalue weighted by atomic mass is 10.0. The van der Waals surface area contributed by atoms with E-state index in [1.54, 1.807) is 48.5 Å². The molecule has 0 fully saturated rings. The Morgan fingerprint density at radius 1 is 1.03 bits per heavy atom. The van der Waals surface area contributed by atoms with Gasteiger partial charge in [-0.1, -0.05) is 36.4 Å². The van der Waals surface area contributed by atoms with Gasteiger partial charge in [-0.05, 0) is 42.0 Å². The predicted octanol–water partition coefficient (Wildman–Crippen LogP) is 2.86. The Kier molecular flexibility index (Phi) is 6.18. The summed E-state index contributed by atoms with van der Waals surface area (Å²) < 4.78 is 6.63. The number of ether oxygens (including phenoxy) is 1. The largest absolute Gasteiger partial charge is 0.508 e. The van der Waals surface area contributed by atoms with Crippen molar-refractivity contribution in [2.75, 3.05) is 12.8 Å². The monoisotopic (exact) mass is 457 g/mol. The van der Waals surface area contributed by atoms with E-state index in [4.69, 9.17) is 16.2 Å². The third-order valence-electron chi connectivity index (χ3n) is 5.29. The van der Waals surface area contributed by atoms with Crippen LogP contribution in [0.2, 0.25) is 0 Å². The molecule has 0 spiro atoms. The van der Waals surface area contributed by atoms with Crippen LogP contribution in [0.15, 0.2) is 72.8 Å². The van der Waals surface area contributed by atoms with Gasteiger partial charge in [0.1, 0.15) is 28.6 Å². The van der Waals surface area contributed by atoms with Crippen LogP contribution in [0.3, 0.4) is 0 Å². The maximum absolute atomic E-state index is 12.5. The minimum atomic E-state index is -0.703. The molecule has 9 nitrogen and oxygen atoms in total. The molecule has 6 N–H and O–H groups in total. The van der Waals surface area contributed by atoms with Gasteiger partial charge in [-0.25, -0.2) is 4.68 Å². The molecule has 0 saturated heterocycles. The molecule has 34 heavy (non-hydrogen) atoms. The summed E-state index contributed by atoms with van der Waals surface area (Å²) >= 11 is 0. The number of nitrogens with one attached hydrogen (secondary N) is 1. The van der Waals surface area contributed by atoms with Crippen molar-refractivity contribution in [2.24, 2.45) is 5.73 Å². The van der Waals surface area contributed by atoms with Crippen LogP contribution >= 0.6 is 0 Å². The van der Waals surface area contributed by atoms with Gasteiger partial charge in [0.2, 0.25) is 0 Å². The number of aromatic hydroxyl groups is 1. The number of rotatable bonds is 7. The molecule has 0 bridgehead atoms. The van der Waals surface area contributed by atoms with E-state index in [0.29, 0.717) is 34.8 Å². The highest BCUT2D eigenvalue weighted by Gasteiger charge is 2.22. The third kappa shape index (κ3) is 4.40. The van der Waals surface area contributed by atoms with Gasteiger partial charge < -0.3 is 26.6 Å². The van der Waals surface area contributed by atoms with Crippen LogP contribution in [-0.2, 0) is 6.54 Å². The van der Waals surface area contributed by atoms with E-state index >= 15 is 0 Å². The van der Waals surface area contributed by atoms with E-state index in [0.717, 1.165) is 5.56 Å². The highest BCUT2D eigenvalue weighted by molar-refractivity contribution is 6.03. The number of nitrogens with zero attached hydrogens (tertiary/aromatic N) is 2. The van der Waals surface area contributed by atoms with Crippen LogP contribution in [0.5, 0.6) is 11.5 Å². The van der Waals surface area contributed by atoms with Gasteiger partial charge in [0.05, 0.1) is 18.4 Å². The van der Waals surface area contributed by atoms with Gasteiger partial charge in [-0.15, -0.1) is 0 Å². The Morgan fingerprint density at radius 2 is 1.71 bits per heavy atom. The van der Waals surface area contributed by atoms with Crippen molar-refractivity contribution in [2.45, 2.75) is 6.54 Å². The van der Waals surface area contributed by atoms with Crippen molar-refractivity contribution in [3.8, 4) is 28.4 Å².